The molecule has 0 N–H and O–H groups in total. The van der Waals surface area contributed by atoms with E-state index in [1.807, 2.05) is 0 Å². The van der Waals surface area contributed by atoms with Crippen molar-refractivity contribution in [1.82, 2.24) is 0 Å². The topological polar surface area (TPSA) is 80.3 Å². The van der Waals surface area contributed by atoms with Crippen LogP contribution in [0.5, 0.6) is 0 Å². The molecule has 0 aromatic carbocycles. The maximum atomic E-state index is 8.52. The van der Waals surface area contributed by atoms with Crippen LogP contribution in [0.4, 0.5) is 0 Å². The Hall–Kier alpha value is 2.44. The van der Waals surface area contributed by atoms with Gasteiger partial charge in [-0.2, -0.15) is 0 Å². The van der Waals surface area contributed by atoms with Crippen molar-refractivity contribution in [2.24, 2.45) is 0 Å². The molecule has 0 aromatic rings. The first-order chi connectivity index (χ1) is 2.00. The van der Waals surface area contributed by atoms with Crippen LogP contribution in [0.3, 0.4) is 0 Å². The van der Waals surface area contributed by atoms with Crippen LogP contribution in [-0.2, 0) is 27.5 Å². The molecule has 0 aromatic heterocycles. The number of hydrogen-bond donors (Lipinski definition) is 0. The van der Waals surface area contributed by atoms with Crippen LogP contribution in [0.1, 0.15) is 0 Å². The van der Waals surface area contributed by atoms with E-state index in [-0.39, 0.29) is 86.0 Å². The van der Waals surface area contributed by atoms with Crippen LogP contribution in [0.15, 0.2) is 0 Å². The summed E-state index contributed by atoms with van der Waals surface area (Å²) in [4.78, 5) is 0. The van der Waals surface area contributed by atoms with Crippen LogP contribution in [0.2, 0.25) is 0 Å². The van der Waals surface area contributed by atoms with Crippen LogP contribution < -0.4 is 68.9 Å². The quantitative estimate of drug-likeness (QED) is 0.256. The molecule has 0 amide bonds. The molecule has 7 heteroatoms. The van der Waals surface area contributed by atoms with Crippen LogP contribution in [0, 0.1) is 0 Å². The van der Waals surface area contributed by atoms with Crippen LogP contribution in [0.25, 0.3) is 0 Å². The maximum absolute atomic E-state index is 8.52. The average molecular weight is 285 g/mol. The monoisotopic (exact) mass is 285 g/mol. The molecule has 38 valence electrons. The molecule has 0 saturated carbocycles. The van der Waals surface area contributed by atoms with E-state index in [1.165, 1.54) is 0 Å². The molecule has 0 spiro atoms. The van der Waals surface area contributed by atoms with Gasteiger partial charge in [-0.25, -0.2) is 0 Å². The van der Waals surface area contributed by atoms with Gasteiger partial charge >= 0.3 is 86.0 Å². The summed E-state index contributed by atoms with van der Waals surface area (Å²) in [5, 5.41) is 0. The third-order valence-corrected chi connectivity index (χ3v) is 0. The maximum Gasteiger partial charge on any atom is 2.00 e. The summed E-state index contributed by atoms with van der Waals surface area (Å²) < 4.78 is 34.1. The minimum absolute atomic E-state index is 0. The Morgan fingerprint density at radius 3 is 1.14 bits per heavy atom. The van der Waals surface area contributed by atoms with Crippen molar-refractivity contribution >= 4 is 10.4 Å². The Morgan fingerprint density at radius 1 is 1.14 bits per heavy atom. The minimum Gasteiger partial charge on any atom is -0.759 e. The zero-order valence-electron chi connectivity index (χ0n) is 3.39. The van der Waals surface area contributed by atoms with Gasteiger partial charge in [0.1, 0.15) is 0 Å². The zero-order valence-corrected chi connectivity index (χ0v) is 11.6. The van der Waals surface area contributed by atoms with Crippen molar-refractivity contribution in [1.29, 1.82) is 0 Å². The molecule has 0 radical (unpaired) electrons. The van der Waals surface area contributed by atoms with Gasteiger partial charge in [0, 0.05) is 10.4 Å². The summed E-state index contributed by atoms with van der Waals surface area (Å²) in [6.45, 7) is 0. The zero-order chi connectivity index (χ0) is 4.50. The molecule has 0 aliphatic carbocycles. The average Bonchev–Trinajstić information content (AvgIpc) is 0.722. The fourth-order valence-corrected chi connectivity index (χ4v) is 0. The first-order valence-corrected chi connectivity index (χ1v) is 2.00. The van der Waals surface area contributed by atoms with E-state index in [9.17, 15) is 0 Å². The van der Waals surface area contributed by atoms with Crippen molar-refractivity contribution in [2.75, 3.05) is 0 Å². The molecule has 0 rings (SSSR count). The van der Waals surface area contributed by atoms with Crippen LogP contribution >= 0.6 is 0 Å². The largest absolute Gasteiger partial charge is 2.00 e. The van der Waals surface area contributed by atoms with E-state index in [0.29, 0.717) is 0 Å². The Kier molecular flexibility index (Phi) is 15.2. The van der Waals surface area contributed by atoms with E-state index in [4.69, 9.17) is 17.5 Å². The van der Waals surface area contributed by atoms with Crippen LogP contribution in [-0.4, -0.2) is 17.5 Å². The van der Waals surface area contributed by atoms with E-state index < -0.39 is 10.4 Å². The second kappa shape index (κ2) is 6.56. The second-order valence-electron chi connectivity index (χ2n) is 0.408. The van der Waals surface area contributed by atoms with Gasteiger partial charge in [-0.1, -0.05) is 0 Å². The standard InChI is InChI=1S/Cs.Fe.H2O4S/c;;1-5(2,3)4/h;;(H2,1,2,3,4)/q+1;+2;/p-2. The Morgan fingerprint density at radius 2 is 1.14 bits per heavy atom. The van der Waals surface area contributed by atoms with E-state index in [2.05, 4.69) is 0 Å². The first-order valence-electron chi connectivity index (χ1n) is 0.667. The van der Waals surface area contributed by atoms with Crippen molar-refractivity contribution < 1.29 is 103 Å². The van der Waals surface area contributed by atoms with Gasteiger partial charge in [0.15, 0.2) is 0 Å². The predicted molar refractivity (Wildman–Crippen MR) is 10.5 cm³/mol. The molecule has 0 bridgehead atoms. The van der Waals surface area contributed by atoms with Crippen molar-refractivity contribution in [2.45, 2.75) is 0 Å². The molecule has 0 saturated heterocycles. The molecule has 0 aliphatic rings. The van der Waals surface area contributed by atoms with E-state index in [1.54, 1.807) is 0 Å². The van der Waals surface area contributed by atoms with Crippen molar-refractivity contribution in [3.05, 3.63) is 0 Å². The fourth-order valence-electron chi connectivity index (χ4n) is 0. The molecular formula is CsFeO4S+. The third-order valence-electron chi connectivity index (χ3n) is 0. The smallest absolute Gasteiger partial charge is 0.759 e. The number of rotatable bonds is 0. The second-order valence-corrected chi connectivity index (χ2v) is 1.22. The van der Waals surface area contributed by atoms with Gasteiger partial charge in [-0.3, -0.25) is 8.42 Å². The Bertz CT molecular complexity index is 94.9. The van der Waals surface area contributed by atoms with Crippen molar-refractivity contribution in [3.8, 4) is 0 Å². The molecule has 0 fully saturated rings. The summed E-state index contributed by atoms with van der Waals surface area (Å²) in [5.74, 6) is 0. The molecule has 0 aliphatic heterocycles. The SMILES string of the molecule is O=S(=O)([O-])[O-].[Cs+].[Fe+2]. The van der Waals surface area contributed by atoms with Gasteiger partial charge in [0.25, 0.3) is 0 Å². The summed E-state index contributed by atoms with van der Waals surface area (Å²) in [6, 6.07) is 0. The molecule has 7 heavy (non-hydrogen) atoms. The summed E-state index contributed by atoms with van der Waals surface area (Å²) in [6.07, 6.45) is 0. The van der Waals surface area contributed by atoms with Gasteiger partial charge < -0.3 is 9.11 Å². The Labute approximate surface area is 111 Å². The van der Waals surface area contributed by atoms with Crippen molar-refractivity contribution in [3.63, 3.8) is 0 Å². The fraction of sp³-hybridized carbons (Fsp3) is 0. The molecular weight excluding hydrogens is 285 g/mol. The summed E-state index contributed by atoms with van der Waals surface area (Å²) in [5.41, 5.74) is 0. The Balaban J connectivity index is -0.0000000800. The van der Waals surface area contributed by atoms with Gasteiger partial charge in [-0.05, 0) is 0 Å². The number of hydrogen-bond acceptors (Lipinski definition) is 4. The van der Waals surface area contributed by atoms with Gasteiger partial charge in [0.05, 0.1) is 0 Å². The van der Waals surface area contributed by atoms with Gasteiger partial charge in [0.2, 0.25) is 0 Å². The molecule has 4 nitrogen and oxygen atoms in total. The van der Waals surface area contributed by atoms with E-state index >= 15 is 0 Å². The summed E-state index contributed by atoms with van der Waals surface area (Å²) in [7, 11) is -5.17. The molecule has 0 unspecified atom stereocenters. The molecule has 0 atom stereocenters. The first kappa shape index (κ1) is 16.2. The third kappa shape index (κ3) is 58.8. The molecule has 0 heterocycles. The predicted octanol–water partition coefficient (Wildman–Crippen LogP) is -4.34. The minimum atomic E-state index is -5.17. The van der Waals surface area contributed by atoms with Gasteiger partial charge in [-0.15, -0.1) is 0 Å². The summed E-state index contributed by atoms with van der Waals surface area (Å²) >= 11 is 0. The normalized spacial score (nSPS) is 8.29. The van der Waals surface area contributed by atoms with E-state index in [0.717, 1.165) is 0 Å².